The van der Waals surface area contributed by atoms with Crippen molar-refractivity contribution in [3.63, 3.8) is 0 Å². The highest BCUT2D eigenvalue weighted by atomic mass is 35.5. The molecule has 3 rings (SSSR count). The van der Waals surface area contributed by atoms with Crippen molar-refractivity contribution >= 4 is 39.1 Å². The van der Waals surface area contributed by atoms with E-state index in [-0.39, 0.29) is 41.0 Å². The molecule has 11 nitrogen and oxygen atoms in total. The normalized spacial score (nSPS) is 11.7. The highest BCUT2D eigenvalue weighted by Crippen LogP contribution is 2.38. The molecular weight excluding hydrogens is 610 g/mol. The predicted octanol–water partition coefficient (Wildman–Crippen LogP) is 4.51. The topological polar surface area (TPSA) is 124 Å². The molecule has 0 saturated heterocycles. The molecule has 0 heterocycles. The van der Waals surface area contributed by atoms with Crippen LogP contribution in [0.1, 0.15) is 25.8 Å². The standard InChI is InChI=1S/C31H38ClN3O8S/c1-7-25(31(37)33-8-2)34(19-21-9-11-22(32)12-10-21)30(36)20-35(26-17-23(40-3)13-15-27(26)41-4)44(38,39)24-14-16-28(42-5)29(18-24)43-6/h9-18,25H,7-8,19-20H2,1-6H3,(H,33,37)/t25-/m1/s1. The van der Waals surface area contributed by atoms with Crippen LogP contribution in [0.5, 0.6) is 23.0 Å². The summed E-state index contributed by atoms with van der Waals surface area (Å²) in [7, 11) is 1.22. The number of ether oxygens (including phenoxy) is 4. The van der Waals surface area contributed by atoms with Crippen molar-refractivity contribution in [3.05, 3.63) is 71.2 Å². The van der Waals surface area contributed by atoms with Gasteiger partial charge in [0.25, 0.3) is 10.0 Å². The molecule has 238 valence electrons. The number of nitrogens with zero attached hydrogens (tertiary/aromatic N) is 2. The van der Waals surface area contributed by atoms with Crippen molar-refractivity contribution in [2.75, 3.05) is 45.8 Å². The lowest BCUT2D eigenvalue weighted by Crippen LogP contribution is -2.52. The van der Waals surface area contributed by atoms with Gasteiger partial charge in [-0.15, -0.1) is 0 Å². The van der Waals surface area contributed by atoms with E-state index < -0.39 is 28.5 Å². The SMILES string of the molecule is CCNC(=O)[C@@H](CC)N(Cc1ccc(Cl)cc1)C(=O)CN(c1cc(OC)ccc1OC)S(=O)(=O)c1ccc(OC)c(OC)c1. The fourth-order valence-corrected chi connectivity index (χ4v) is 6.17. The molecule has 13 heteroatoms. The minimum absolute atomic E-state index is 0.0329. The molecule has 0 aliphatic rings. The van der Waals surface area contributed by atoms with E-state index in [1.54, 1.807) is 50.2 Å². The highest BCUT2D eigenvalue weighted by Gasteiger charge is 2.35. The van der Waals surface area contributed by atoms with E-state index in [1.807, 2.05) is 0 Å². The summed E-state index contributed by atoms with van der Waals surface area (Å²) in [4.78, 5) is 28.6. The fourth-order valence-electron chi connectivity index (χ4n) is 4.61. The van der Waals surface area contributed by atoms with Gasteiger partial charge in [-0.05, 0) is 55.3 Å². The lowest BCUT2D eigenvalue weighted by molar-refractivity contribution is -0.140. The van der Waals surface area contributed by atoms with Crippen molar-refractivity contribution in [3.8, 4) is 23.0 Å². The predicted molar refractivity (Wildman–Crippen MR) is 168 cm³/mol. The van der Waals surface area contributed by atoms with E-state index in [4.69, 9.17) is 30.5 Å². The Morgan fingerprint density at radius 2 is 1.48 bits per heavy atom. The van der Waals surface area contributed by atoms with Gasteiger partial charge in [-0.2, -0.15) is 0 Å². The molecule has 0 bridgehead atoms. The van der Waals surface area contributed by atoms with Crippen LogP contribution in [-0.4, -0.2) is 72.7 Å². The number of sulfonamides is 1. The van der Waals surface area contributed by atoms with Gasteiger partial charge in [-0.3, -0.25) is 13.9 Å². The second-order valence-electron chi connectivity index (χ2n) is 9.53. The monoisotopic (exact) mass is 647 g/mol. The molecule has 44 heavy (non-hydrogen) atoms. The van der Waals surface area contributed by atoms with Crippen LogP contribution < -0.4 is 28.6 Å². The van der Waals surface area contributed by atoms with Crippen LogP contribution in [0.3, 0.4) is 0 Å². The number of methoxy groups -OCH3 is 4. The summed E-state index contributed by atoms with van der Waals surface area (Å²) in [6, 6.07) is 14.7. The molecule has 0 fully saturated rings. The number of carbonyl (C=O) groups excluding carboxylic acids is 2. The molecule has 0 aliphatic heterocycles. The van der Waals surface area contributed by atoms with Gasteiger partial charge in [-0.1, -0.05) is 30.7 Å². The van der Waals surface area contributed by atoms with Gasteiger partial charge in [0.05, 0.1) is 39.0 Å². The minimum atomic E-state index is -4.44. The van der Waals surface area contributed by atoms with Crippen LogP contribution in [-0.2, 0) is 26.2 Å². The zero-order valence-electron chi connectivity index (χ0n) is 25.6. The van der Waals surface area contributed by atoms with E-state index in [0.717, 1.165) is 4.31 Å². The van der Waals surface area contributed by atoms with E-state index in [2.05, 4.69) is 5.32 Å². The number of hydrogen-bond donors (Lipinski definition) is 1. The molecule has 0 unspecified atom stereocenters. The first-order valence-electron chi connectivity index (χ1n) is 13.8. The minimum Gasteiger partial charge on any atom is -0.497 e. The second kappa shape index (κ2) is 15.5. The van der Waals surface area contributed by atoms with E-state index in [0.29, 0.717) is 28.6 Å². The summed E-state index contributed by atoms with van der Waals surface area (Å²) in [5, 5.41) is 3.29. The Morgan fingerprint density at radius 3 is 2.05 bits per heavy atom. The number of likely N-dealkylation sites (N-methyl/N-ethyl adjacent to an activating group) is 1. The van der Waals surface area contributed by atoms with Crippen molar-refractivity contribution in [1.29, 1.82) is 0 Å². The Morgan fingerprint density at radius 1 is 0.841 bits per heavy atom. The summed E-state index contributed by atoms with van der Waals surface area (Å²) in [5.41, 5.74) is 0.770. The van der Waals surface area contributed by atoms with Gasteiger partial charge in [0.15, 0.2) is 11.5 Å². The largest absolute Gasteiger partial charge is 0.497 e. The number of amides is 2. The lowest BCUT2D eigenvalue weighted by Gasteiger charge is -2.33. The van der Waals surface area contributed by atoms with Crippen LogP contribution in [0, 0.1) is 0 Å². The summed E-state index contributed by atoms with van der Waals surface area (Å²) in [6.07, 6.45) is 0.288. The molecule has 1 N–H and O–H groups in total. The Balaban J connectivity index is 2.19. The van der Waals surface area contributed by atoms with Gasteiger partial charge >= 0.3 is 0 Å². The average molecular weight is 648 g/mol. The third-order valence-corrected chi connectivity index (χ3v) is 8.89. The molecule has 3 aromatic rings. The average Bonchev–Trinajstić information content (AvgIpc) is 3.03. The number of hydrogen-bond acceptors (Lipinski definition) is 8. The molecule has 1 atom stereocenters. The number of benzene rings is 3. The summed E-state index contributed by atoms with van der Waals surface area (Å²) in [5.74, 6) is 0.0618. The quantitative estimate of drug-likeness (QED) is 0.256. The molecule has 0 spiro atoms. The second-order valence-corrected chi connectivity index (χ2v) is 11.8. The zero-order valence-corrected chi connectivity index (χ0v) is 27.2. The number of carbonyl (C=O) groups is 2. The Kier molecular flexibility index (Phi) is 12.1. The van der Waals surface area contributed by atoms with Gasteiger partial charge < -0.3 is 29.2 Å². The van der Waals surface area contributed by atoms with E-state index >= 15 is 0 Å². The first-order chi connectivity index (χ1) is 21.0. The summed E-state index contributed by atoms with van der Waals surface area (Å²) >= 11 is 6.07. The third-order valence-electron chi connectivity index (χ3n) is 6.88. The van der Waals surface area contributed by atoms with Gasteiger partial charge in [0, 0.05) is 30.2 Å². The molecular formula is C31H38ClN3O8S. The van der Waals surface area contributed by atoms with Gasteiger partial charge in [0.2, 0.25) is 11.8 Å². The van der Waals surface area contributed by atoms with Crippen LogP contribution >= 0.6 is 11.6 Å². The lowest BCUT2D eigenvalue weighted by atomic mass is 10.1. The van der Waals surface area contributed by atoms with E-state index in [1.165, 1.54) is 57.6 Å². The van der Waals surface area contributed by atoms with E-state index in [9.17, 15) is 18.0 Å². The van der Waals surface area contributed by atoms with Crippen LogP contribution in [0.4, 0.5) is 5.69 Å². The Labute approximate surface area is 263 Å². The first kappa shape index (κ1) is 34.3. The smallest absolute Gasteiger partial charge is 0.265 e. The fraction of sp³-hybridized carbons (Fsp3) is 0.355. The maximum atomic E-state index is 14.4. The van der Waals surface area contributed by atoms with Crippen molar-refractivity contribution in [1.82, 2.24) is 10.2 Å². The molecule has 2 amide bonds. The number of rotatable bonds is 15. The van der Waals surface area contributed by atoms with Gasteiger partial charge in [-0.25, -0.2) is 8.42 Å². The maximum absolute atomic E-state index is 14.4. The highest BCUT2D eigenvalue weighted by molar-refractivity contribution is 7.92. The summed E-state index contributed by atoms with van der Waals surface area (Å²) in [6.45, 7) is 3.29. The zero-order chi connectivity index (χ0) is 32.4. The number of halogens is 1. The van der Waals surface area contributed by atoms with Crippen molar-refractivity contribution in [2.24, 2.45) is 0 Å². The van der Waals surface area contributed by atoms with Crippen LogP contribution in [0.15, 0.2) is 65.6 Å². The van der Waals surface area contributed by atoms with Crippen LogP contribution in [0.25, 0.3) is 0 Å². The maximum Gasteiger partial charge on any atom is 0.265 e. The van der Waals surface area contributed by atoms with Gasteiger partial charge in [0.1, 0.15) is 24.1 Å². The molecule has 0 radical (unpaired) electrons. The number of nitrogens with one attached hydrogen (secondary N) is 1. The Bertz CT molecular complexity index is 1550. The number of anilines is 1. The molecule has 0 aromatic heterocycles. The third kappa shape index (κ3) is 7.86. The van der Waals surface area contributed by atoms with Crippen molar-refractivity contribution < 1.29 is 37.0 Å². The van der Waals surface area contributed by atoms with Crippen molar-refractivity contribution in [2.45, 2.75) is 37.8 Å². The Hall–Kier alpha value is -4.16. The first-order valence-corrected chi connectivity index (χ1v) is 15.6. The molecule has 0 aliphatic carbocycles. The molecule has 3 aromatic carbocycles. The summed E-state index contributed by atoms with van der Waals surface area (Å²) < 4.78 is 51.2. The molecule has 0 saturated carbocycles. The van der Waals surface area contributed by atoms with Crippen LogP contribution in [0.2, 0.25) is 5.02 Å².